The lowest BCUT2D eigenvalue weighted by molar-refractivity contribution is 0.602. The fourth-order valence-electron chi connectivity index (χ4n) is 4.05. The molecular formula is C25H18FN7. The van der Waals surface area contributed by atoms with Gasteiger partial charge in [0.2, 0.25) is 0 Å². The van der Waals surface area contributed by atoms with Crippen molar-refractivity contribution in [2.75, 3.05) is 5.43 Å². The summed E-state index contributed by atoms with van der Waals surface area (Å²) in [6.07, 6.45) is 3.67. The molecule has 0 fully saturated rings. The standard InChI is InChI=1S/C25H18FN7/c26-20-10-4-1-7-16(20)14-33-15-17(18-8-3-6-12-22(18)33)13-27-31-25-29-24-23(30-32-25)19-9-2-5-11-21(19)28-24/h1-13,15H,14H2,(H2,28,29,31,32)/b27-13+. The number of nitrogens with zero attached hydrogens (tertiary/aromatic N) is 5. The molecule has 160 valence electrons. The van der Waals surface area contributed by atoms with Crippen LogP contribution in [0.3, 0.4) is 0 Å². The van der Waals surface area contributed by atoms with Crippen molar-refractivity contribution in [3.05, 3.63) is 95.9 Å². The Balaban J connectivity index is 1.29. The topological polar surface area (TPSA) is 83.8 Å². The van der Waals surface area contributed by atoms with Crippen molar-refractivity contribution >= 4 is 45.1 Å². The number of fused-ring (bicyclic) bond motifs is 4. The average Bonchev–Trinajstić information content (AvgIpc) is 3.38. The molecule has 8 heteroatoms. The minimum Gasteiger partial charge on any atom is -0.342 e. The molecule has 6 aromatic rings. The Morgan fingerprint density at radius 3 is 2.64 bits per heavy atom. The first-order valence-corrected chi connectivity index (χ1v) is 10.5. The van der Waals surface area contributed by atoms with Crippen molar-refractivity contribution < 1.29 is 4.39 Å². The minimum absolute atomic E-state index is 0.218. The predicted octanol–water partition coefficient (Wildman–Crippen LogP) is 5.09. The van der Waals surface area contributed by atoms with E-state index in [2.05, 4.69) is 30.7 Å². The number of hydrogen-bond acceptors (Lipinski definition) is 5. The largest absolute Gasteiger partial charge is 0.342 e. The van der Waals surface area contributed by atoms with Crippen molar-refractivity contribution in [1.82, 2.24) is 24.7 Å². The Bertz CT molecular complexity index is 1650. The maximum absolute atomic E-state index is 14.2. The van der Waals surface area contributed by atoms with E-state index in [9.17, 15) is 4.39 Å². The normalized spacial score (nSPS) is 11.8. The number of aromatic nitrogens is 5. The van der Waals surface area contributed by atoms with Crippen molar-refractivity contribution in [3.8, 4) is 0 Å². The van der Waals surface area contributed by atoms with Gasteiger partial charge >= 0.3 is 0 Å². The third-order valence-electron chi connectivity index (χ3n) is 5.61. The Kier molecular flexibility index (Phi) is 4.54. The molecule has 2 N–H and O–H groups in total. The van der Waals surface area contributed by atoms with Gasteiger partial charge in [-0.05, 0) is 18.2 Å². The van der Waals surface area contributed by atoms with E-state index in [1.807, 2.05) is 65.4 Å². The van der Waals surface area contributed by atoms with E-state index in [1.165, 1.54) is 6.07 Å². The van der Waals surface area contributed by atoms with Crippen LogP contribution < -0.4 is 5.43 Å². The SMILES string of the molecule is Fc1ccccc1Cn1cc(/C=N/Nc2nnc3c(n2)[nH]c2ccccc23)c2ccccc21. The van der Waals surface area contributed by atoms with Gasteiger partial charge in [0.05, 0.1) is 12.8 Å². The lowest BCUT2D eigenvalue weighted by Gasteiger charge is -2.06. The number of anilines is 1. The highest BCUT2D eigenvalue weighted by Crippen LogP contribution is 2.23. The number of rotatable bonds is 5. The van der Waals surface area contributed by atoms with Gasteiger partial charge in [-0.1, -0.05) is 54.6 Å². The highest BCUT2D eigenvalue weighted by atomic mass is 19.1. The predicted molar refractivity (Wildman–Crippen MR) is 128 cm³/mol. The molecule has 0 aliphatic rings. The number of nitrogens with one attached hydrogen (secondary N) is 2. The molecule has 6 rings (SSSR count). The number of H-pyrrole nitrogens is 1. The molecule has 33 heavy (non-hydrogen) atoms. The van der Waals surface area contributed by atoms with E-state index < -0.39 is 0 Å². The van der Waals surface area contributed by atoms with E-state index in [1.54, 1.807) is 18.3 Å². The molecule has 0 radical (unpaired) electrons. The second-order valence-electron chi connectivity index (χ2n) is 7.69. The molecule has 0 unspecified atom stereocenters. The number of para-hydroxylation sites is 2. The van der Waals surface area contributed by atoms with Crippen molar-refractivity contribution in [2.24, 2.45) is 5.10 Å². The summed E-state index contributed by atoms with van der Waals surface area (Å²) >= 11 is 0. The summed E-state index contributed by atoms with van der Waals surface area (Å²) in [6, 6.07) is 22.6. The van der Waals surface area contributed by atoms with Crippen LogP contribution >= 0.6 is 0 Å². The molecule has 0 aliphatic carbocycles. The third kappa shape index (κ3) is 3.47. The summed E-state index contributed by atoms with van der Waals surface area (Å²) < 4.78 is 16.2. The van der Waals surface area contributed by atoms with Gasteiger partial charge in [-0.15, -0.1) is 10.2 Å². The summed E-state index contributed by atoms with van der Waals surface area (Å²) in [4.78, 5) is 7.72. The second-order valence-corrected chi connectivity index (χ2v) is 7.69. The average molecular weight is 435 g/mol. The monoisotopic (exact) mass is 435 g/mol. The van der Waals surface area contributed by atoms with E-state index in [4.69, 9.17) is 0 Å². The number of hydrazone groups is 1. The van der Waals surface area contributed by atoms with Crippen LogP contribution in [-0.4, -0.2) is 30.9 Å². The summed E-state index contributed by atoms with van der Waals surface area (Å²) in [5.41, 5.74) is 7.70. The van der Waals surface area contributed by atoms with Gasteiger partial charge in [-0.25, -0.2) is 9.82 Å². The zero-order valence-corrected chi connectivity index (χ0v) is 17.4. The lowest BCUT2D eigenvalue weighted by Crippen LogP contribution is -2.00. The summed E-state index contributed by atoms with van der Waals surface area (Å²) in [5.74, 6) is 0.0737. The van der Waals surface area contributed by atoms with Gasteiger partial charge in [0.15, 0.2) is 5.65 Å². The molecule has 0 amide bonds. The van der Waals surface area contributed by atoms with Crippen LogP contribution in [0.5, 0.6) is 0 Å². The van der Waals surface area contributed by atoms with Gasteiger partial charge in [0, 0.05) is 39.1 Å². The van der Waals surface area contributed by atoms with Crippen LogP contribution in [0.15, 0.2) is 84.1 Å². The molecule has 0 saturated heterocycles. The minimum atomic E-state index is -0.218. The first-order valence-electron chi connectivity index (χ1n) is 10.5. The van der Waals surface area contributed by atoms with Crippen molar-refractivity contribution in [1.29, 1.82) is 0 Å². The van der Waals surface area contributed by atoms with Crippen molar-refractivity contribution in [3.63, 3.8) is 0 Å². The van der Waals surface area contributed by atoms with E-state index in [0.29, 0.717) is 23.7 Å². The number of benzene rings is 3. The zero-order chi connectivity index (χ0) is 22.2. The smallest absolute Gasteiger partial charge is 0.265 e. The second kappa shape index (κ2) is 7.83. The molecule has 3 aromatic carbocycles. The molecule has 0 atom stereocenters. The van der Waals surface area contributed by atoms with E-state index in [0.717, 1.165) is 32.9 Å². The maximum Gasteiger partial charge on any atom is 0.265 e. The first-order chi connectivity index (χ1) is 16.3. The van der Waals surface area contributed by atoms with Crippen LogP contribution in [-0.2, 0) is 6.54 Å². The Morgan fingerprint density at radius 1 is 0.939 bits per heavy atom. The molecule has 0 saturated carbocycles. The van der Waals surface area contributed by atoms with Gasteiger partial charge in [0.25, 0.3) is 5.95 Å². The molecule has 0 bridgehead atoms. The van der Waals surface area contributed by atoms with Crippen LogP contribution in [0, 0.1) is 5.82 Å². The number of halogens is 1. The van der Waals surface area contributed by atoms with Crippen LogP contribution in [0.1, 0.15) is 11.1 Å². The van der Waals surface area contributed by atoms with Gasteiger partial charge in [-0.2, -0.15) is 10.1 Å². The van der Waals surface area contributed by atoms with Crippen LogP contribution in [0.4, 0.5) is 10.3 Å². The summed E-state index contributed by atoms with van der Waals surface area (Å²) in [6.45, 7) is 0.429. The molecule has 0 aliphatic heterocycles. The fourth-order valence-corrected chi connectivity index (χ4v) is 4.05. The highest BCUT2D eigenvalue weighted by molar-refractivity contribution is 6.03. The molecule has 0 spiro atoms. The van der Waals surface area contributed by atoms with Gasteiger partial charge in [-0.3, -0.25) is 0 Å². The third-order valence-corrected chi connectivity index (χ3v) is 5.61. The molecular weight excluding hydrogens is 417 g/mol. The Labute approximate surface area is 187 Å². The van der Waals surface area contributed by atoms with E-state index in [-0.39, 0.29) is 5.82 Å². The maximum atomic E-state index is 14.2. The quantitative estimate of drug-likeness (QED) is 0.292. The summed E-state index contributed by atoms with van der Waals surface area (Å²) in [5, 5.41) is 14.7. The Hall–Kier alpha value is -4.59. The number of hydrogen-bond donors (Lipinski definition) is 2. The fraction of sp³-hybridized carbons (Fsp3) is 0.0400. The van der Waals surface area contributed by atoms with Crippen LogP contribution in [0.25, 0.3) is 33.0 Å². The van der Waals surface area contributed by atoms with Gasteiger partial charge in [0.1, 0.15) is 11.3 Å². The molecule has 3 aromatic heterocycles. The Morgan fingerprint density at radius 2 is 1.73 bits per heavy atom. The van der Waals surface area contributed by atoms with Crippen molar-refractivity contribution in [2.45, 2.75) is 6.54 Å². The van der Waals surface area contributed by atoms with E-state index >= 15 is 0 Å². The highest BCUT2D eigenvalue weighted by Gasteiger charge is 2.10. The molecule has 7 nitrogen and oxygen atoms in total. The summed E-state index contributed by atoms with van der Waals surface area (Å²) in [7, 11) is 0. The van der Waals surface area contributed by atoms with Gasteiger partial charge < -0.3 is 9.55 Å². The molecule has 3 heterocycles. The number of aromatic amines is 1. The lowest BCUT2D eigenvalue weighted by atomic mass is 10.2. The first kappa shape index (κ1) is 19.1. The zero-order valence-electron chi connectivity index (χ0n) is 17.4. The van der Waals surface area contributed by atoms with Crippen LogP contribution in [0.2, 0.25) is 0 Å².